The second-order valence-corrected chi connectivity index (χ2v) is 9.55. The number of hydrogen-bond donors (Lipinski definition) is 1. The van der Waals surface area contributed by atoms with Crippen LogP contribution in [0.15, 0.2) is 60.7 Å². The zero-order chi connectivity index (χ0) is 23.8. The van der Waals surface area contributed by atoms with Crippen molar-refractivity contribution in [3.63, 3.8) is 0 Å². The summed E-state index contributed by atoms with van der Waals surface area (Å²) in [4.78, 5) is 17.5. The van der Waals surface area contributed by atoms with Crippen LogP contribution in [0.5, 0.6) is 0 Å². The number of aryl methyl sites for hydroxylation is 3. The molecule has 4 rings (SSSR count). The number of benzene rings is 2. The molecule has 5 nitrogen and oxygen atoms in total. The number of nitrogens with zero attached hydrogens (tertiary/aromatic N) is 3. The maximum atomic E-state index is 12.7. The van der Waals surface area contributed by atoms with Gasteiger partial charge < -0.3 is 5.32 Å². The molecule has 0 saturated heterocycles. The van der Waals surface area contributed by atoms with Crippen LogP contribution in [-0.2, 0) is 10.2 Å². The average Bonchev–Trinajstić information content (AvgIpc) is 3.12. The molecular weight excluding hydrogens is 408 g/mol. The second-order valence-electron chi connectivity index (χ2n) is 9.55. The molecule has 0 unspecified atom stereocenters. The molecule has 0 spiro atoms. The molecule has 0 atom stereocenters. The quantitative estimate of drug-likeness (QED) is 0.381. The van der Waals surface area contributed by atoms with E-state index in [1.165, 1.54) is 5.56 Å². The largest absolute Gasteiger partial charge is 0.307 e. The van der Waals surface area contributed by atoms with Gasteiger partial charge in [0.2, 0.25) is 5.91 Å². The minimum absolute atomic E-state index is 0.101. The SMILES string of the molecule is Cc1cc(NC(=O)/C=C/c2ccc(C(C)(C)C)cc2)n(-c2cc(C)c3cccc(C)c3n2)n1. The van der Waals surface area contributed by atoms with E-state index in [1.54, 1.807) is 10.8 Å². The zero-order valence-corrected chi connectivity index (χ0v) is 20.1. The third-order valence-electron chi connectivity index (χ3n) is 5.74. The van der Waals surface area contributed by atoms with Gasteiger partial charge in [-0.25, -0.2) is 4.98 Å². The fraction of sp³-hybridized carbons (Fsp3) is 0.250. The summed E-state index contributed by atoms with van der Waals surface area (Å²) in [6, 6.07) is 18.3. The number of hydrogen-bond acceptors (Lipinski definition) is 3. The molecular formula is C28H30N4O. The number of carbonyl (C=O) groups is 1. The number of anilines is 1. The summed E-state index contributed by atoms with van der Waals surface area (Å²) in [7, 11) is 0. The van der Waals surface area contributed by atoms with Crippen molar-refractivity contribution in [1.82, 2.24) is 14.8 Å². The maximum absolute atomic E-state index is 12.7. The van der Waals surface area contributed by atoms with Crippen molar-refractivity contribution in [3.05, 3.63) is 88.6 Å². The van der Waals surface area contributed by atoms with Crippen LogP contribution < -0.4 is 5.32 Å². The predicted octanol–water partition coefficient (Wildman–Crippen LogP) is 6.30. The summed E-state index contributed by atoms with van der Waals surface area (Å²) in [6.45, 7) is 12.6. The first-order chi connectivity index (χ1) is 15.6. The van der Waals surface area contributed by atoms with Gasteiger partial charge in [-0.2, -0.15) is 9.78 Å². The highest BCUT2D eigenvalue weighted by Gasteiger charge is 2.14. The van der Waals surface area contributed by atoms with Crippen molar-refractivity contribution in [2.24, 2.45) is 0 Å². The van der Waals surface area contributed by atoms with Crippen molar-refractivity contribution in [2.75, 3.05) is 5.32 Å². The van der Waals surface area contributed by atoms with Crippen LogP contribution in [0.3, 0.4) is 0 Å². The number of amides is 1. The van der Waals surface area contributed by atoms with Crippen molar-refractivity contribution >= 4 is 28.7 Å². The summed E-state index contributed by atoms with van der Waals surface area (Å²) in [6.07, 6.45) is 3.36. The van der Waals surface area contributed by atoms with Gasteiger partial charge in [0.15, 0.2) is 5.82 Å². The van der Waals surface area contributed by atoms with Gasteiger partial charge in [-0.3, -0.25) is 4.79 Å². The van der Waals surface area contributed by atoms with Gasteiger partial charge in [-0.15, -0.1) is 0 Å². The number of pyridine rings is 1. The first kappa shape index (κ1) is 22.5. The topological polar surface area (TPSA) is 59.8 Å². The summed E-state index contributed by atoms with van der Waals surface area (Å²) in [5.41, 5.74) is 6.30. The first-order valence-electron chi connectivity index (χ1n) is 11.2. The van der Waals surface area contributed by atoms with Gasteiger partial charge in [0, 0.05) is 17.5 Å². The lowest BCUT2D eigenvalue weighted by molar-refractivity contribution is -0.111. The molecule has 1 amide bonds. The Labute approximate surface area is 195 Å². The molecule has 0 aliphatic heterocycles. The summed E-state index contributed by atoms with van der Waals surface area (Å²) in [5.74, 6) is 1.05. The second kappa shape index (κ2) is 8.66. The highest BCUT2D eigenvalue weighted by Crippen LogP contribution is 2.25. The van der Waals surface area contributed by atoms with Crippen LogP contribution >= 0.6 is 0 Å². The minimum atomic E-state index is -0.218. The van der Waals surface area contributed by atoms with Gasteiger partial charge in [0.25, 0.3) is 0 Å². The number of para-hydroxylation sites is 1. The lowest BCUT2D eigenvalue weighted by Crippen LogP contribution is -2.13. The molecule has 0 bridgehead atoms. The molecule has 0 aliphatic rings. The molecule has 0 saturated carbocycles. The number of carbonyl (C=O) groups excluding carboxylic acids is 1. The Balaban J connectivity index is 1.58. The van der Waals surface area contributed by atoms with Crippen molar-refractivity contribution in [3.8, 4) is 5.82 Å². The average molecular weight is 439 g/mol. The summed E-state index contributed by atoms with van der Waals surface area (Å²) >= 11 is 0. The fourth-order valence-electron chi connectivity index (χ4n) is 3.85. The van der Waals surface area contributed by atoms with E-state index in [-0.39, 0.29) is 11.3 Å². The number of rotatable bonds is 4. The van der Waals surface area contributed by atoms with Crippen molar-refractivity contribution in [1.29, 1.82) is 0 Å². The lowest BCUT2D eigenvalue weighted by atomic mass is 9.87. The van der Waals surface area contributed by atoms with E-state index in [9.17, 15) is 4.79 Å². The highest BCUT2D eigenvalue weighted by molar-refractivity contribution is 6.01. The molecule has 0 radical (unpaired) electrons. The van der Waals surface area contributed by atoms with Crippen LogP contribution in [-0.4, -0.2) is 20.7 Å². The van der Waals surface area contributed by atoms with Gasteiger partial charge in [-0.05, 0) is 60.6 Å². The fourth-order valence-corrected chi connectivity index (χ4v) is 3.85. The Kier molecular flexibility index (Phi) is 5.90. The van der Waals surface area contributed by atoms with Gasteiger partial charge >= 0.3 is 0 Å². The Morgan fingerprint density at radius 1 is 0.970 bits per heavy atom. The van der Waals surface area contributed by atoms with E-state index in [2.05, 4.69) is 69.3 Å². The van der Waals surface area contributed by atoms with E-state index in [0.29, 0.717) is 11.6 Å². The summed E-state index contributed by atoms with van der Waals surface area (Å²) < 4.78 is 1.69. The Morgan fingerprint density at radius 3 is 2.39 bits per heavy atom. The van der Waals surface area contributed by atoms with E-state index in [1.807, 2.05) is 43.3 Å². The summed E-state index contributed by atoms with van der Waals surface area (Å²) in [5, 5.41) is 8.65. The molecule has 2 heterocycles. The van der Waals surface area contributed by atoms with E-state index >= 15 is 0 Å². The van der Waals surface area contributed by atoms with Crippen molar-refractivity contribution in [2.45, 2.75) is 47.0 Å². The van der Waals surface area contributed by atoms with Crippen LogP contribution in [0, 0.1) is 20.8 Å². The van der Waals surface area contributed by atoms with Gasteiger partial charge in [-0.1, -0.05) is 63.2 Å². The third kappa shape index (κ3) is 4.87. The van der Waals surface area contributed by atoms with Crippen LogP contribution in [0.25, 0.3) is 22.8 Å². The predicted molar refractivity (Wildman–Crippen MR) is 136 cm³/mol. The molecule has 2 aromatic carbocycles. The van der Waals surface area contributed by atoms with Gasteiger partial charge in [0.05, 0.1) is 11.2 Å². The van der Waals surface area contributed by atoms with Gasteiger partial charge in [0.1, 0.15) is 5.82 Å². The molecule has 168 valence electrons. The van der Waals surface area contributed by atoms with Crippen LogP contribution in [0.1, 0.15) is 48.7 Å². The zero-order valence-electron chi connectivity index (χ0n) is 20.1. The maximum Gasteiger partial charge on any atom is 0.249 e. The lowest BCUT2D eigenvalue weighted by Gasteiger charge is -2.18. The third-order valence-corrected chi connectivity index (χ3v) is 5.74. The highest BCUT2D eigenvalue weighted by atomic mass is 16.1. The molecule has 4 aromatic rings. The normalized spacial score (nSPS) is 11.9. The molecule has 0 fully saturated rings. The monoisotopic (exact) mass is 438 g/mol. The molecule has 0 aliphatic carbocycles. The standard InChI is InChI=1S/C28H30N4O/c1-18-8-7-9-23-19(2)16-24(30-27(18)23)32-25(17-20(3)31-32)29-26(33)15-12-21-10-13-22(14-11-21)28(4,5)6/h7-17H,1-6H3,(H,29,33)/b15-12+. The van der Waals surface area contributed by atoms with Crippen LogP contribution in [0.4, 0.5) is 5.82 Å². The van der Waals surface area contributed by atoms with Crippen molar-refractivity contribution < 1.29 is 4.79 Å². The van der Waals surface area contributed by atoms with E-state index in [0.717, 1.165) is 33.3 Å². The van der Waals surface area contributed by atoms with Crippen LogP contribution in [0.2, 0.25) is 0 Å². The number of aromatic nitrogens is 3. The minimum Gasteiger partial charge on any atom is -0.307 e. The Hall–Kier alpha value is -3.73. The number of fused-ring (bicyclic) bond motifs is 1. The Bertz CT molecular complexity index is 1360. The molecule has 33 heavy (non-hydrogen) atoms. The number of nitrogens with one attached hydrogen (secondary N) is 1. The van der Waals surface area contributed by atoms with E-state index < -0.39 is 0 Å². The molecule has 2 aromatic heterocycles. The molecule has 5 heteroatoms. The Morgan fingerprint density at radius 2 is 1.70 bits per heavy atom. The molecule has 1 N–H and O–H groups in total. The first-order valence-corrected chi connectivity index (χ1v) is 11.2. The smallest absolute Gasteiger partial charge is 0.249 e. The van der Waals surface area contributed by atoms with E-state index in [4.69, 9.17) is 4.98 Å².